The number of hydrogen-bond acceptors (Lipinski definition) is 5. The van der Waals surface area contributed by atoms with Crippen molar-refractivity contribution < 1.29 is 9.53 Å². The summed E-state index contributed by atoms with van der Waals surface area (Å²) >= 11 is 0. The van der Waals surface area contributed by atoms with Gasteiger partial charge >= 0.3 is 0 Å². The summed E-state index contributed by atoms with van der Waals surface area (Å²) in [5, 5.41) is 3.12. The van der Waals surface area contributed by atoms with Crippen molar-refractivity contribution in [1.82, 2.24) is 4.98 Å². The van der Waals surface area contributed by atoms with Crippen molar-refractivity contribution in [3.05, 3.63) is 23.9 Å². The standard InChI is InChI=1S/C14H22N4O2/c15-11-1-3-12(4-2-11)20-8-7-18-13-9-10(14(16)19)5-6-17-13/h5-6,9,11-12H,1-4,7-8,15H2,(H2,16,19)(H,17,18). The Morgan fingerprint density at radius 1 is 1.40 bits per heavy atom. The van der Waals surface area contributed by atoms with Crippen molar-refractivity contribution in [3.63, 3.8) is 0 Å². The van der Waals surface area contributed by atoms with Crippen molar-refractivity contribution in [1.29, 1.82) is 0 Å². The lowest BCUT2D eigenvalue weighted by molar-refractivity contribution is 0.0313. The second-order valence-electron chi connectivity index (χ2n) is 5.13. The van der Waals surface area contributed by atoms with Crippen LogP contribution in [0.3, 0.4) is 0 Å². The van der Waals surface area contributed by atoms with Gasteiger partial charge in [-0.05, 0) is 37.8 Å². The molecule has 1 aromatic heterocycles. The van der Waals surface area contributed by atoms with E-state index in [1.807, 2.05) is 0 Å². The molecule has 1 aromatic rings. The molecule has 0 aliphatic heterocycles. The van der Waals surface area contributed by atoms with Gasteiger partial charge in [-0.3, -0.25) is 4.79 Å². The molecule has 110 valence electrons. The molecule has 1 amide bonds. The van der Waals surface area contributed by atoms with Crippen molar-refractivity contribution >= 4 is 11.7 Å². The Bertz CT molecular complexity index is 445. The van der Waals surface area contributed by atoms with Gasteiger partial charge < -0.3 is 21.5 Å². The van der Waals surface area contributed by atoms with Crippen molar-refractivity contribution in [2.24, 2.45) is 11.5 Å². The Morgan fingerprint density at radius 3 is 2.85 bits per heavy atom. The average Bonchev–Trinajstić information content (AvgIpc) is 2.46. The number of primary amides is 1. The molecule has 5 N–H and O–H groups in total. The van der Waals surface area contributed by atoms with Crippen LogP contribution in [0.1, 0.15) is 36.0 Å². The van der Waals surface area contributed by atoms with Gasteiger partial charge in [0.1, 0.15) is 5.82 Å². The highest BCUT2D eigenvalue weighted by Gasteiger charge is 2.18. The van der Waals surface area contributed by atoms with Crippen LogP contribution in [-0.2, 0) is 4.74 Å². The molecule has 1 saturated carbocycles. The second kappa shape index (κ2) is 7.21. The zero-order valence-corrected chi connectivity index (χ0v) is 11.5. The van der Waals surface area contributed by atoms with E-state index in [2.05, 4.69) is 10.3 Å². The van der Waals surface area contributed by atoms with Gasteiger partial charge in [-0.1, -0.05) is 0 Å². The van der Waals surface area contributed by atoms with Crippen LogP contribution < -0.4 is 16.8 Å². The minimum Gasteiger partial charge on any atom is -0.376 e. The third-order valence-electron chi connectivity index (χ3n) is 3.53. The van der Waals surface area contributed by atoms with Crippen LogP contribution in [0.5, 0.6) is 0 Å². The van der Waals surface area contributed by atoms with Crippen LogP contribution in [0.2, 0.25) is 0 Å². The first-order chi connectivity index (χ1) is 9.65. The van der Waals surface area contributed by atoms with E-state index in [4.69, 9.17) is 16.2 Å². The van der Waals surface area contributed by atoms with Crippen molar-refractivity contribution in [2.45, 2.75) is 37.8 Å². The maximum absolute atomic E-state index is 11.0. The fraction of sp³-hybridized carbons (Fsp3) is 0.571. The van der Waals surface area contributed by atoms with E-state index in [-0.39, 0.29) is 0 Å². The first-order valence-corrected chi connectivity index (χ1v) is 7.02. The van der Waals surface area contributed by atoms with Gasteiger partial charge in [-0.25, -0.2) is 4.98 Å². The Morgan fingerprint density at radius 2 is 2.15 bits per heavy atom. The number of ether oxygens (including phenoxy) is 1. The number of nitrogens with one attached hydrogen (secondary N) is 1. The average molecular weight is 278 g/mol. The molecule has 0 atom stereocenters. The van der Waals surface area contributed by atoms with Crippen molar-refractivity contribution in [2.75, 3.05) is 18.5 Å². The van der Waals surface area contributed by atoms with Gasteiger partial charge in [0.15, 0.2) is 0 Å². The number of hydrogen-bond donors (Lipinski definition) is 3. The number of nitrogens with two attached hydrogens (primary N) is 2. The van der Waals surface area contributed by atoms with Gasteiger partial charge in [-0.2, -0.15) is 0 Å². The SMILES string of the molecule is NC(=O)c1ccnc(NCCOC2CCC(N)CC2)c1. The Balaban J connectivity index is 1.68. The third kappa shape index (κ3) is 4.47. The molecule has 0 radical (unpaired) electrons. The number of rotatable bonds is 6. The maximum atomic E-state index is 11.0. The molecule has 6 nitrogen and oxygen atoms in total. The maximum Gasteiger partial charge on any atom is 0.248 e. The Hall–Kier alpha value is -1.66. The Kier molecular flexibility index (Phi) is 5.31. The lowest BCUT2D eigenvalue weighted by atomic mass is 9.94. The molecule has 6 heteroatoms. The molecule has 1 fully saturated rings. The fourth-order valence-corrected chi connectivity index (χ4v) is 2.34. The highest BCUT2D eigenvalue weighted by molar-refractivity contribution is 5.93. The minimum atomic E-state index is -0.453. The minimum absolute atomic E-state index is 0.321. The van der Waals surface area contributed by atoms with Gasteiger partial charge in [0.05, 0.1) is 12.7 Å². The first-order valence-electron chi connectivity index (χ1n) is 7.02. The van der Waals surface area contributed by atoms with E-state index in [1.54, 1.807) is 18.3 Å². The summed E-state index contributed by atoms with van der Waals surface area (Å²) < 4.78 is 5.79. The molecule has 1 heterocycles. The third-order valence-corrected chi connectivity index (χ3v) is 3.53. The highest BCUT2D eigenvalue weighted by Crippen LogP contribution is 2.19. The monoisotopic (exact) mass is 278 g/mol. The summed E-state index contributed by atoms with van der Waals surface area (Å²) in [6, 6.07) is 3.57. The van der Waals surface area contributed by atoms with Crippen LogP contribution in [0, 0.1) is 0 Å². The van der Waals surface area contributed by atoms with Gasteiger partial charge in [0, 0.05) is 24.3 Å². The topological polar surface area (TPSA) is 103 Å². The lowest BCUT2D eigenvalue weighted by Crippen LogP contribution is -2.31. The number of carbonyl (C=O) groups is 1. The molecule has 2 rings (SSSR count). The predicted molar refractivity (Wildman–Crippen MR) is 77.4 cm³/mol. The number of anilines is 1. The summed E-state index contributed by atoms with van der Waals surface area (Å²) in [5.41, 5.74) is 11.5. The highest BCUT2D eigenvalue weighted by atomic mass is 16.5. The summed E-state index contributed by atoms with van der Waals surface area (Å²) in [7, 11) is 0. The summed E-state index contributed by atoms with van der Waals surface area (Å²) in [4.78, 5) is 15.2. The van der Waals surface area contributed by atoms with E-state index in [0.29, 0.717) is 36.7 Å². The van der Waals surface area contributed by atoms with E-state index in [0.717, 1.165) is 25.7 Å². The Labute approximate surface area is 118 Å². The number of nitrogens with zero attached hydrogens (tertiary/aromatic N) is 1. The molecule has 20 heavy (non-hydrogen) atoms. The quantitative estimate of drug-likeness (QED) is 0.670. The number of aromatic nitrogens is 1. The molecule has 0 aromatic carbocycles. The van der Waals surface area contributed by atoms with Crippen LogP contribution in [-0.4, -0.2) is 36.2 Å². The second-order valence-corrected chi connectivity index (χ2v) is 5.13. The predicted octanol–water partition coefficient (Wildman–Crippen LogP) is 0.879. The molecule has 0 saturated heterocycles. The lowest BCUT2D eigenvalue weighted by Gasteiger charge is -2.26. The largest absolute Gasteiger partial charge is 0.376 e. The van der Waals surface area contributed by atoms with Gasteiger partial charge in [0.25, 0.3) is 0 Å². The summed E-state index contributed by atoms with van der Waals surface area (Å²) in [6.07, 6.45) is 6.04. The first kappa shape index (κ1) is 14.7. The van der Waals surface area contributed by atoms with E-state index < -0.39 is 5.91 Å². The molecule has 0 bridgehead atoms. The van der Waals surface area contributed by atoms with Gasteiger partial charge in [0.2, 0.25) is 5.91 Å². The van der Waals surface area contributed by atoms with Crippen LogP contribution in [0.25, 0.3) is 0 Å². The van der Waals surface area contributed by atoms with Crippen LogP contribution in [0.15, 0.2) is 18.3 Å². The summed E-state index contributed by atoms with van der Waals surface area (Å²) in [6.45, 7) is 1.26. The fourth-order valence-electron chi connectivity index (χ4n) is 2.34. The molecular formula is C14H22N4O2. The van der Waals surface area contributed by atoms with E-state index >= 15 is 0 Å². The molecular weight excluding hydrogens is 256 g/mol. The molecule has 0 unspecified atom stereocenters. The number of carbonyl (C=O) groups excluding carboxylic acids is 1. The normalized spacial score (nSPS) is 22.4. The molecule has 1 aliphatic carbocycles. The van der Waals surface area contributed by atoms with E-state index in [9.17, 15) is 4.79 Å². The number of amides is 1. The molecule has 1 aliphatic rings. The van der Waals surface area contributed by atoms with Gasteiger partial charge in [-0.15, -0.1) is 0 Å². The smallest absolute Gasteiger partial charge is 0.248 e. The summed E-state index contributed by atoms with van der Waals surface area (Å²) in [5.74, 6) is 0.181. The number of pyridine rings is 1. The van der Waals surface area contributed by atoms with E-state index in [1.165, 1.54) is 0 Å². The zero-order chi connectivity index (χ0) is 14.4. The molecule has 0 spiro atoms. The van der Waals surface area contributed by atoms with Crippen LogP contribution >= 0.6 is 0 Å². The van der Waals surface area contributed by atoms with Crippen molar-refractivity contribution in [3.8, 4) is 0 Å². The zero-order valence-electron chi connectivity index (χ0n) is 11.5. The van der Waals surface area contributed by atoms with Crippen LogP contribution in [0.4, 0.5) is 5.82 Å².